The molecule has 0 bridgehead atoms. The molecule has 8 heteroatoms. The molecular formula is C11H10FIN4O2. The third-order valence-corrected chi connectivity index (χ3v) is 3.61. The number of carbonyl (C=O) groups is 1. The van der Waals surface area contributed by atoms with Crippen molar-refractivity contribution in [1.29, 1.82) is 0 Å². The van der Waals surface area contributed by atoms with Crippen LogP contribution in [0, 0.1) is 9.39 Å². The van der Waals surface area contributed by atoms with E-state index in [-0.39, 0.29) is 18.5 Å². The number of rotatable bonds is 4. The molecule has 19 heavy (non-hydrogen) atoms. The summed E-state index contributed by atoms with van der Waals surface area (Å²) in [5.74, 6) is -0.346. The Balaban J connectivity index is 2.19. The number of hydrogen-bond donors (Lipinski definition) is 0. The molecule has 2 atom stereocenters. The molecule has 1 saturated heterocycles. The second-order valence-electron chi connectivity index (χ2n) is 3.95. The predicted octanol–water partition coefficient (Wildman–Crippen LogP) is 2.47. The summed E-state index contributed by atoms with van der Waals surface area (Å²) in [5.41, 5.74) is 8.84. The van der Waals surface area contributed by atoms with E-state index in [1.807, 2.05) is 22.6 Å². The molecule has 0 saturated carbocycles. The average molecular weight is 376 g/mol. The molecule has 100 valence electrons. The van der Waals surface area contributed by atoms with Crippen LogP contribution < -0.4 is 4.90 Å². The van der Waals surface area contributed by atoms with Crippen LogP contribution >= 0.6 is 22.6 Å². The lowest BCUT2D eigenvalue weighted by atomic mass is 10.2. The second kappa shape index (κ2) is 6.18. The van der Waals surface area contributed by atoms with Crippen molar-refractivity contribution < 1.29 is 13.9 Å². The Labute approximate surface area is 122 Å². The van der Waals surface area contributed by atoms with E-state index in [9.17, 15) is 9.18 Å². The van der Waals surface area contributed by atoms with Crippen LogP contribution in [0.1, 0.15) is 0 Å². The van der Waals surface area contributed by atoms with Gasteiger partial charge in [-0.15, -0.1) is 0 Å². The minimum absolute atomic E-state index is 0.143. The summed E-state index contributed by atoms with van der Waals surface area (Å²) in [6.07, 6.45) is -0.502. The molecule has 1 aromatic rings. The Morgan fingerprint density at radius 2 is 2.47 bits per heavy atom. The van der Waals surface area contributed by atoms with Crippen molar-refractivity contribution >= 4 is 34.6 Å². The zero-order valence-electron chi connectivity index (χ0n) is 9.74. The molecule has 1 aromatic carbocycles. The van der Waals surface area contributed by atoms with Crippen LogP contribution in [-0.4, -0.2) is 31.7 Å². The number of azide groups is 1. The van der Waals surface area contributed by atoms with Crippen LogP contribution in [0.2, 0.25) is 0 Å². The number of nitrogens with zero attached hydrogens (tertiary/aromatic N) is 4. The number of anilines is 1. The zero-order chi connectivity index (χ0) is 13.8. The highest BCUT2D eigenvalue weighted by atomic mass is 127. The average Bonchev–Trinajstić information content (AvgIpc) is 2.83. The molecule has 1 aliphatic heterocycles. The van der Waals surface area contributed by atoms with E-state index in [2.05, 4.69) is 10.0 Å². The van der Waals surface area contributed by atoms with E-state index in [1.54, 1.807) is 17.0 Å². The zero-order valence-corrected chi connectivity index (χ0v) is 11.9. The van der Waals surface area contributed by atoms with Gasteiger partial charge in [0.15, 0.2) is 12.5 Å². The van der Waals surface area contributed by atoms with Gasteiger partial charge in [0.1, 0.15) is 5.82 Å². The van der Waals surface area contributed by atoms with E-state index in [1.165, 1.54) is 6.07 Å². The fourth-order valence-electron chi connectivity index (χ4n) is 1.89. The highest BCUT2D eigenvalue weighted by Crippen LogP contribution is 2.26. The van der Waals surface area contributed by atoms with Crippen molar-refractivity contribution in [1.82, 2.24) is 0 Å². The minimum atomic E-state index is -0.779. The lowest BCUT2D eigenvalue weighted by Crippen LogP contribution is -2.31. The first-order valence-corrected chi connectivity index (χ1v) is 6.57. The van der Waals surface area contributed by atoms with E-state index in [4.69, 9.17) is 10.3 Å². The normalized spacial score (nSPS) is 22.1. The summed E-state index contributed by atoms with van der Waals surface area (Å²) in [5, 5.41) is 3.42. The van der Waals surface area contributed by atoms with Gasteiger partial charge < -0.3 is 9.64 Å². The smallest absolute Gasteiger partial charge is 0.187 e. The third-order valence-electron chi connectivity index (χ3n) is 2.74. The maximum Gasteiger partial charge on any atom is 0.187 e. The van der Waals surface area contributed by atoms with Crippen molar-refractivity contribution in [2.24, 2.45) is 5.11 Å². The monoisotopic (exact) mass is 376 g/mol. The van der Waals surface area contributed by atoms with Gasteiger partial charge in [0.25, 0.3) is 0 Å². The van der Waals surface area contributed by atoms with Gasteiger partial charge in [-0.1, -0.05) is 5.11 Å². The summed E-state index contributed by atoms with van der Waals surface area (Å²) in [7, 11) is 0. The standard InChI is InChI=1S/C11H10FIN4O2/c12-9-3-7(1-2-10(9)13)17-5-8(4-15-16-14)19-11(17)6-18/h1-3,6,8,11H,4-5H2/t8-,11?/m0/s1. The Morgan fingerprint density at radius 3 is 3.11 bits per heavy atom. The van der Waals surface area contributed by atoms with Gasteiger partial charge in [-0.05, 0) is 46.3 Å². The van der Waals surface area contributed by atoms with Crippen LogP contribution in [0.15, 0.2) is 23.3 Å². The summed E-state index contributed by atoms with van der Waals surface area (Å²) in [6, 6.07) is 4.71. The summed E-state index contributed by atoms with van der Waals surface area (Å²) < 4.78 is 19.5. The SMILES string of the molecule is [N-]=[N+]=NC[C@H]1CN(c2ccc(I)c(F)c2)C(C=O)O1. The van der Waals surface area contributed by atoms with Gasteiger partial charge >= 0.3 is 0 Å². The van der Waals surface area contributed by atoms with Crippen molar-refractivity contribution in [3.63, 3.8) is 0 Å². The molecular weight excluding hydrogens is 366 g/mol. The molecule has 0 radical (unpaired) electrons. The Kier molecular flexibility index (Phi) is 4.56. The molecule has 0 aromatic heterocycles. The van der Waals surface area contributed by atoms with Crippen molar-refractivity contribution in [3.8, 4) is 0 Å². The molecule has 1 heterocycles. The predicted molar refractivity (Wildman–Crippen MR) is 75.2 cm³/mol. The molecule has 0 amide bonds. The number of ether oxygens (including phenoxy) is 1. The summed E-state index contributed by atoms with van der Waals surface area (Å²) in [6.45, 7) is 0.520. The molecule has 1 aliphatic rings. The van der Waals surface area contributed by atoms with Gasteiger partial charge in [-0.2, -0.15) is 0 Å². The van der Waals surface area contributed by atoms with E-state index in [0.29, 0.717) is 22.1 Å². The van der Waals surface area contributed by atoms with Crippen LogP contribution in [0.4, 0.5) is 10.1 Å². The van der Waals surface area contributed by atoms with Crippen LogP contribution in [0.25, 0.3) is 10.4 Å². The largest absolute Gasteiger partial charge is 0.346 e. The van der Waals surface area contributed by atoms with Gasteiger partial charge in [0, 0.05) is 20.7 Å². The van der Waals surface area contributed by atoms with E-state index < -0.39 is 6.23 Å². The van der Waals surface area contributed by atoms with Crippen molar-refractivity contribution in [2.75, 3.05) is 18.0 Å². The van der Waals surface area contributed by atoms with Gasteiger partial charge in [-0.3, -0.25) is 4.79 Å². The number of carbonyl (C=O) groups excluding carboxylic acids is 1. The van der Waals surface area contributed by atoms with E-state index >= 15 is 0 Å². The van der Waals surface area contributed by atoms with Crippen molar-refractivity contribution in [2.45, 2.75) is 12.3 Å². The van der Waals surface area contributed by atoms with Crippen LogP contribution in [-0.2, 0) is 9.53 Å². The molecule has 0 aliphatic carbocycles. The quantitative estimate of drug-likeness (QED) is 0.266. The molecule has 0 N–H and O–H groups in total. The third kappa shape index (κ3) is 3.14. The van der Waals surface area contributed by atoms with Gasteiger partial charge in [0.2, 0.25) is 0 Å². The first kappa shape index (κ1) is 14.0. The minimum Gasteiger partial charge on any atom is -0.346 e. The van der Waals surface area contributed by atoms with Gasteiger partial charge in [-0.25, -0.2) is 4.39 Å². The Morgan fingerprint density at radius 1 is 1.68 bits per heavy atom. The maximum absolute atomic E-state index is 13.5. The topological polar surface area (TPSA) is 78.3 Å². The number of aldehydes is 1. The lowest BCUT2D eigenvalue weighted by Gasteiger charge is -2.20. The first-order chi connectivity index (χ1) is 9.15. The Hall–Kier alpha value is -1.38. The fourth-order valence-corrected chi connectivity index (χ4v) is 2.22. The highest BCUT2D eigenvalue weighted by Gasteiger charge is 2.32. The number of halogens is 2. The second-order valence-corrected chi connectivity index (χ2v) is 5.11. The van der Waals surface area contributed by atoms with E-state index in [0.717, 1.165) is 0 Å². The van der Waals surface area contributed by atoms with Crippen molar-refractivity contribution in [3.05, 3.63) is 38.0 Å². The first-order valence-electron chi connectivity index (χ1n) is 5.49. The van der Waals surface area contributed by atoms with Crippen LogP contribution in [0.5, 0.6) is 0 Å². The molecule has 6 nitrogen and oxygen atoms in total. The maximum atomic E-state index is 13.5. The fraction of sp³-hybridized carbons (Fsp3) is 0.364. The molecule has 1 unspecified atom stereocenters. The molecule has 0 spiro atoms. The summed E-state index contributed by atoms with van der Waals surface area (Å²) >= 11 is 1.89. The number of hydrogen-bond acceptors (Lipinski definition) is 4. The van der Waals surface area contributed by atoms with Gasteiger partial charge in [0.05, 0.1) is 12.6 Å². The van der Waals surface area contributed by atoms with Crippen LogP contribution in [0.3, 0.4) is 0 Å². The highest BCUT2D eigenvalue weighted by molar-refractivity contribution is 14.1. The lowest BCUT2D eigenvalue weighted by molar-refractivity contribution is -0.117. The molecule has 2 rings (SSSR count). The summed E-state index contributed by atoms with van der Waals surface area (Å²) in [4.78, 5) is 15.3. The molecule has 1 fully saturated rings. The number of benzene rings is 1. The Bertz CT molecular complexity index is 535.